The molecule has 0 fully saturated rings. The van der Waals surface area contributed by atoms with Gasteiger partial charge in [-0.05, 0) is 30.3 Å². The van der Waals surface area contributed by atoms with Crippen LogP contribution in [0.1, 0.15) is 22.3 Å². The van der Waals surface area contributed by atoms with E-state index in [0.717, 1.165) is 12.1 Å². The summed E-state index contributed by atoms with van der Waals surface area (Å²) in [5, 5.41) is 23.2. The maximum atomic E-state index is 13.5. The highest BCUT2D eigenvalue weighted by atomic mass is 35.5. The Morgan fingerprint density at radius 2 is 1.65 bits per heavy atom. The van der Waals surface area contributed by atoms with Crippen LogP contribution in [-0.4, -0.2) is 16.8 Å². The van der Waals surface area contributed by atoms with Crippen LogP contribution in [0.3, 0.4) is 0 Å². The number of hydrogen-bond donors (Lipinski definition) is 3. The van der Waals surface area contributed by atoms with Gasteiger partial charge in [0.15, 0.2) is 0 Å². The molecule has 0 aliphatic carbocycles. The van der Waals surface area contributed by atoms with Crippen LogP contribution in [0.25, 0.3) is 0 Å². The van der Waals surface area contributed by atoms with Gasteiger partial charge in [0.25, 0.3) is 0 Å². The number of aromatic hydroxyl groups is 1. The van der Waals surface area contributed by atoms with Gasteiger partial charge < -0.3 is 15.5 Å². The highest BCUT2D eigenvalue weighted by Crippen LogP contribution is 2.50. The Morgan fingerprint density at radius 3 is 2.23 bits per heavy atom. The van der Waals surface area contributed by atoms with Crippen LogP contribution < -0.4 is 5.32 Å². The van der Waals surface area contributed by atoms with E-state index < -0.39 is 52.6 Å². The molecule has 140 valence electrons. The summed E-state index contributed by atoms with van der Waals surface area (Å²) in [7, 11) is 0. The molecule has 3 rings (SSSR count). The van der Waals surface area contributed by atoms with Crippen molar-refractivity contribution in [1.82, 2.24) is 0 Å². The van der Waals surface area contributed by atoms with Crippen LogP contribution in [0.15, 0.2) is 30.3 Å². The number of aliphatic hydroxyl groups is 1. The minimum atomic E-state index is -5.17. The first-order valence-electron chi connectivity index (χ1n) is 7.12. The molecule has 0 spiro atoms. The number of nitrogens with one attached hydrogen (secondary N) is 1. The summed E-state index contributed by atoms with van der Waals surface area (Å²) >= 11 is 5.79. The molecule has 1 atom stereocenters. The smallest absolute Gasteiger partial charge is 0.416 e. The summed E-state index contributed by atoms with van der Waals surface area (Å²) in [6.07, 6.45) is -10.2. The highest BCUT2D eigenvalue weighted by molar-refractivity contribution is 6.30. The minimum Gasteiger partial charge on any atom is -0.508 e. The van der Waals surface area contributed by atoms with E-state index in [2.05, 4.69) is 5.32 Å². The van der Waals surface area contributed by atoms with Crippen molar-refractivity contribution < 1.29 is 36.6 Å². The van der Waals surface area contributed by atoms with Gasteiger partial charge in [-0.15, -0.1) is 0 Å². The van der Waals surface area contributed by atoms with E-state index in [1.807, 2.05) is 0 Å². The third-order valence-electron chi connectivity index (χ3n) is 4.12. The van der Waals surface area contributed by atoms with Crippen molar-refractivity contribution in [2.45, 2.75) is 18.0 Å². The van der Waals surface area contributed by atoms with Gasteiger partial charge in [0.2, 0.25) is 0 Å². The molecule has 0 saturated carbocycles. The van der Waals surface area contributed by atoms with E-state index >= 15 is 0 Å². The number of alkyl halides is 6. The number of phenolic OH excluding ortho intramolecular Hbond substituents is 1. The van der Waals surface area contributed by atoms with Gasteiger partial charge in [-0.2, -0.15) is 26.3 Å². The number of rotatable bonds is 1. The fourth-order valence-electron chi connectivity index (χ4n) is 3.00. The Bertz CT molecular complexity index is 880. The van der Waals surface area contributed by atoms with E-state index in [1.54, 1.807) is 0 Å². The lowest BCUT2D eigenvalue weighted by molar-refractivity contribution is -0.144. The van der Waals surface area contributed by atoms with E-state index in [0.29, 0.717) is 6.07 Å². The van der Waals surface area contributed by atoms with Crippen LogP contribution in [0.4, 0.5) is 32.0 Å². The van der Waals surface area contributed by atoms with E-state index in [9.17, 15) is 36.6 Å². The van der Waals surface area contributed by atoms with Crippen molar-refractivity contribution in [3.8, 4) is 5.75 Å². The summed E-state index contributed by atoms with van der Waals surface area (Å²) in [6.45, 7) is -0.569. The van der Waals surface area contributed by atoms with Gasteiger partial charge in [-0.3, -0.25) is 0 Å². The zero-order valence-corrected chi connectivity index (χ0v) is 13.4. The first kappa shape index (κ1) is 18.7. The van der Waals surface area contributed by atoms with Crippen LogP contribution in [0, 0.1) is 0 Å². The van der Waals surface area contributed by atoms with Crippen molar-refractivity contribution in [3.05, 3.63) is 57.6 Å². The number of halogens is 7. The SMILES string of the molecule is Oc1ccc(Cl)cc1C1(O)CNc2cc(C(F)(F)F)cc(C(F)(F)F)c21. The molecule has 0 amide bonds. The number of fused-ring (bicyclic) bond motifs is 1. The summed E-state index contributed by atoms with van der Waals surface area (Å²) in [6, 6.07) is 3.82. The molecule has 2 aromatic carbocycles. The number of hydrogen-bond acceptors (Lipinski definition) is 3. The molecule has 1 aliphatic rings. The van der Waals surface area contributed by atoms with Crippen molar-refractivity contribution in [3.63, 3.8) is 0 Å². The molecule has 0 bridgehead atoms. The zero-order chi connectivity index (χ0) is 19.5. The number of anilines is 1. The van der Waals surface area contributed by atoms with Gasteiger partial charge in [0.05, 0.1) is 17.7 Å². The van der Waals surface area contributed by atoms with Crippen molar-refractivity contribution in [1.29, 1.82) is 0 Å². The van der Waals surface area contributed by atoms with Crippen molar-refractivity contribution in [2.75, 3.05) is 11.9 Å². The first-order chi connectivity index (χ1) is 11.8. The fraction of sp³-hybridized carbons (Fsp3) is 0.250. The Labute approximate surface area is 147 Å². The standard InChI is InChI=1S/C16H10ClF6NO2/c17-8-1-2-12(25)9(5-8)14(26)6-24-11-4-7(15(18,19)20)3-10(13(11)14)16(21,22)23/h1-5,24-26H,6H2. The molecular weight excluding hydrogens is 388 g/mol. The average Bonchev–Trinajstić information content (AvgIpc) is 2.85. The number of benzene rings is 2. The summed E-state index contributed by atoms with van der Waals surface area (Å²) < 4.78 is 79.2. The molecule has 3 N–H and O–H groups in total. The Kier molecular flexibility index (Phi) is 4.08. The second-order valence-electron chi connectivity index (χ2n) is 5.82. The van der Waals surface area contributed by atoms with Gasteiger partial charge >= 0.3 is 12.4 Å². The molecule has 0 aromatic heterocycles. The lowest BCUT2D eigenvalue weighted by Crippen LogP contribution is -2.32. The molecule has 3 nitrogen and oxygen atoms in total. The summed E-state index contributed by atoms with van der Waals surface area (Å²) in [5.41, 5.74) is -7.23. The predicted molar refractivity (Wildman–Crippen MR) is 81.1 cm³/mol. The van der Waals surface area contributed by atoms with Crippen LogP contribution >= 0.6 is 11.6 Å². The maximum absolute atomic E-state index is 13.5. The molecule has 1 heterocycles. The van der Waals surface area contributed by atoms with Crippen molar-refractivity contribution in [2.24, 2.45) is 0 Å². The quantitative estimate of drug-likeness (QED) is 0.609. The topological polar surface area (TPSA) is 52.5 Å². The second-order valence-corrected chi connectivity index (χ2v) is 6.25. The Hall–Kier alpha value is -2.13. The Balaban J connectivity index is 2.32. The molecule has 26 heavy (non-hydrogen) atoms. The molecule has 2 aromatic rings. The maximum Gasteiger partial charge on any atom is 0.416 e. The lowest BCUT2D eigenvalue weighted by Gasteiger charge is -2.27. The zero-order valence-electron chi connectivity index (χ0n) is 12.6. The molecule has 0 saturated heterocycles. The lowest BCUT2D eigenvalue weighted by atomic mass is 9.83. The van der Waals surface area contributed by atoms with Crippen molar-refractivity contribution >= 4 is 17.3 Å². The van der Waals surface area contributed by atoms with Gasteiger partial charge in [0.1, 0.15) is 11.4 Å². The monoisotopic (exact) mass is 397 g/mol. The molecule has 0 radical (unpaired) electrons. The average molecular weight is 398 g/mol. The van der Waals surface area contributed by atoms with Gasteiger partial charge in [-0.1, -0.05) is 11.6 Å². The third-order valence-corrected chi connectivity index (χ3v) is 4.36. The van der Waals surface area contributed by atoms with Crippen LogP contribution in [-0.2, 0) is 18.0 Å². The number of β-amino-alcohol motifs (C(OH)–C–C–N with tert-alkyl or cyclic N) is 1. The van der Waals surface area contributed by atoms with E-state index in [1.165, 1.54) is 6.07 Å². The molecular formula is C16H10ClF6NO2. The normalized spacial score (nSPS) is 20.0. The van der Waals surface area contributed by atoms with Crippen LogP contribution in [0.5, 0.6) is 5.75 Å². The largest absolute Gasteiger partial charge is 0.508 e. The van der Waals surface area contributed by atoms with Gasteiger partial charge in [-0.25, -0.2) is 0 Å². The van der Waals surface area contributed by atoms with Gasteiger partial charge in [0, 0.05) is 21.8 Å². The second kappa shape index (κ2) is 5.68. The van der Waals surface area contributed by atoms with Crippen LogP contribution in [0.2, 0.25) is 5.02 Å². The Morgan fingerprint density at radius 1 is 1.00 bits per heavy atom. The fourth-order valence-corrected chi connectivity index (χ4v) is 3.17. The molecule has 1 aliphatic heterocycles. The van der Waals surface area contributed by atoms with E-state index in [-0.39, 0.29) is 16.7 Å². The predicted octanol–water partition coefficient (Wildman–Crippen LogP) is 4.74. The summed E-state index contributed by atoms with van der Waals surface area (Å²) in [4.78, 5) is 0. The molecule has 10 heteroatoms. The highest BCUT2D eigenvalue weighted by Gasteiger charge is 2.49. The third kappa shape index (κ3) is 2.95. The number of phenols is 1. The van der Waals surface area contributed by atoms with E-state index in [4.69, 9.17) is 11.6 Å². The first-order valence-corrected chi connectivity index (χ1v) is 7.50. The minimum absolute atomic E-state index is 0.0279. The summed E-state index contributed by atoms with van der Waals surface area (Å²) in [5.74, 6) is -0.542. The molecule has 1 unspecified atom stereocenters.